The number of carboxylic acid groups (broad SMARTS) is 2. The zero-order chi connectivity index (χ0) is 25.6. The lowest BCUT2D eigenvalue weighted by Gasteiger charge is -2.23. The number of hydrogen-bond donors (Lipinski definition) is 9. The molecule has 0 rings (SSSR count). The van der Waals surface area contributed by atoms with E-state index in [1.165, 1.54) is 0 Å². The highest BCUT2D eigenvalue weighted by molar-refractivity contribution is 7.80. The van der Waals surface area contributed by atoms with Gasteiger partial charge in [-0.2, -0.15) is 12.6 Å². The predicted molar refractivity (Wildman–Crippen MR) is 119 cm³/mol. The van der Waals surface area contributed by atoms with Crippen LogP contribution in [0.4, 0.5) is 0 Å². The molecule has 0 bridgehead atoms. The standard InChI is InChI=1S/C18H32N6O8S/c19-6-2-1-3-9(20)15(28)23-11(7-14(26)27)16(29)24-12(8-33)17(30)22-10(18(31)32)4-5-13(21)25/h9-12,33H,1-8,19-20H2,(H2,21,25)(H,22,30)(H,23,28)(H,24,29)(H,26,27)(H,31,32). The fourth-order valence-electron chi connectivity index (χ4n) is 2.59. The minimum atomic E-state index is -1.55. The van der Waals surface area contributed by atoms with E-state index in [9.17, 15) is 33.9 Å². The Morgan fingerprint density at radius 2 is 1.36 bits per heavy atom. The van der Waals surface area contributed by atoms with Crippen LogP contribution in [0, 0.1) is 0 Å². The van der Waals surface area contributed by atoms with Crippen molar-refractivity contribution in [1.82, 2.24) is 16.0 Å². The minimum absolute atomic E-state index is 0.272. The van der Waals surface area contributed by atoms with E-state index >= 15 is 0 Å². The molecular weight excluding hydrogens is 460 g/mol. The van der Waals surface area contributed by atoms with Crippen LogP contribution >= 0.6 is 12.6 Å². The maximum Gasteiger partial charge on any atom is 0.326 e. The average molecular weight is 493 g/mol. The number of carbonyl (C=O) groups excluding carboxylic acids is 4. The van der Waals surface area contributed by atoms with E-state index in [0.29, 0.717) is 19.4 Å². The quantitative estimate of drug-likeness (QED) is 0.0719. The summed E-state index contributed by atoms with van der Waals surface area (Å²) in [5.41, 5.74) is 16.1. The number of carbonyl (C=O) groups is 6. The van der Waals surface area contributed by atoms with Crippen LogP contribution in [0.3, 0.4) is 0 Å². The highest BCUT2D eigenvalue weighted by Gasteiger charge is 2.31. The van der Waals surface area contributed by atoms with Gasteiger partial charge in [0.25, 0.3) is 0 Å². The van der Waals surface area contributed by atoms with Gasteiger partial charge in [0, 0.05) is 12.2 Å². The minimum Gasteiger partial charge on any atom is -0.481 e. The zero-order valence-corrected chi connectivity index (χ0v) is 18.9. The Bertz CT molecular complexity index is 722. The van der Waals surface area contributed by atoms with E-state index < -0.39 is 66.2 Å². The van der Waals surface area contributed by atoms with E-state index in [-0.39, 0.29) is 25.0 Å². The van der Waals surface area contributed by atoms with Crippen molar-refractivity contribution in [3.05, 3.63) is 0 Å². The Morgan fingerprint density at radius 1 is 0.818 bits per heavy atom. The van der Waals surface area contributed by atoms with E-state index in [1.54, 1.807) is 0 Å². The van der Waals surface area contributed by atoms with Crippen molar-refractivity contribution in [2.24, 2.45) is 17.2 Å². The molecule has 0 aliphatic heterocycles. The van der Waals surface area contributed by atoms with Crippen LogP contribution in [-0.2, 0) is 28.8 Å². The molecule has 0 saturated heterocycles. The first-order chi connectivity index (χ1) is 15.4. The third-order valence-corrected chi connectivity index (χ3v) is 4.79. The molecule has 4 amide bonds. The van der Waals surface area contributed by atoms with E-state index in [4.69, 9.17) is 22.3 Å². The molecule has 0 aliphatic carbocycles. The first kappa shape index (κ1) is 30.1. The molecule has 0 aliphatic rings. The summed E-state index contributed by atoms with van der Waals surface area (Å²) in [7, 11) is 0. The van der Waals surface area contributed by atoms with Crippen molar-refractivity contribution in [3.8, 4) is 0 Å². The van der Waals surface area contributed by atoms with Gasteiger partial charge in [-0.05, 0) is 25.8 Å². The van der Waals surface area contributed by atoms with Crippen molar-refractivity contribution in [3.63, 3.8) is 0 Å². The Morgan fingerprint density at radius 3 is 1.85 bits per heavy atom. The average Bonchev–Trinajstić information content (AvgIpc) is 2.73. The Hall–Kier alpha value is -2.91. The summed E-state index contributed by atoms with van der Waals surface area (Å²) in [6.45, 7) is 0.414. The first-order valence-electron chi connectivity index (χ1n) is 10.1. The van der Waals surface area contributed by atoms with Gasteiger partial charge in [-0.3, -0.25) is 24.0 Å². The number of amides is 4. The van der Waals surface area contributed by atoms with Gasteiger partial charge in [0.1, 0.15) is 18.1 Å². The second-order valence-corrected chi connectivity index (χ2v) is 7.56. The number of nitrogens with two attached hydrogens (primary N) is 3. The van der Waals surface area contributed by atoms with Crippen LogP contribution in [-0.4, -0.2) is 82.2 Å². The molecule has 4 unspecified atom stereocenters. The molecule has 4 atom stereocenters. The van der Waals surface area contributed by atoms with Gasteiger partial charge in [-0.15, -0.1) is 0 Å². The van der Waals surface area contributed by atoms with E-state index in [2.05, 4.69) is 28.6 Å². The third-order valence-electron chi connectivity index (χ3n) is 4.43. The predicted octanol–water partition coefficient (Wildman–Crippen LogP) is -3.35. The summed E-state index contributed by atoms with van der Waals surface area (Å²) < 4.78 is 0. The van der Waals surface area contributed by atoms with Gasteiger partial charge in [0.2, 0.25) is 23.6 Å². The van der Waals surface area contributed by atoms with Crippen LogP contribution in [0.5, 0.6) is 0 Å². The summed E-state index contributed by atoms with van der Waals surface area (Å²) in [6.07, 6.45) is 0.105. The number of thiol groups is 1. The molecule has 0 saturated carbocycles. The Balaban J connectivity index is 5.19. The molecule has 188 valence electrons. The number of hydrogen-bond acceptors (Lipinski definition) is 9. The number of carboxylic acids is 2. The molecule has 0 aromatic heterocycles. The van der Waals surface area contributed by atoms with E-state index in [0.717, 1.165) is 0 Å². The zero-order valence-electron chi connectivity index (χ0n) is 18.0. The molecular formula is C18H32N6O8S. The SMILES string of the molecule is NCCCCC(N)C(=O)NC(CC(=O)O)C(=O)NC(CS)C(=O)NC(CCC(N)=O)C(=O)O. The van der Waals surface area contributed by atoms with Gasteiger partial charge in [-0.25, -0.2) is 4.79 Å². The summed E-state index contributed by atoms with van der Waals surface area (Å²) in [4.78, 5) is 70.5. The van der Waals surface area contributed by atoms with Gasteiger partial charge in [0.05, 0.1) is 12.5 Å². The lowest BCUT2D eigenvalue weighted by Crippen LogP contribution is -2.58. The second-order valence-electron chi connectivity index (χ2n) is 7.20. The number of primary amides is 1. The summed E-state index contributed by atoms with van der Waals surface area (Å²) in [5.74, 6) is -6.54. The normalized spacial score (nSPS) is 14.3. The topological polar surface area (TPSA) is 257 Å². The maximum atomic E-state index is 12.6. The number of unbranched alkanes of at least 4 members (excludes halogenated alkanes) is 1. The maximum absolute atomic E-state index is 12.6. The van der Waals surface area contributed by atoms with Gasteiger partial charge in [0.15, 0.2) is 0 Å². The lowest BCUT2D eigenvalue weighted by atomic mass is 10.1. The molecule has 15 heteroatoms. The monoisotopic (exact) mass is 492 g/mol. The van der Waals surface area contributed by atoms with Crippen LogP contribution < -0.4 is 33.2 Å². The molecule has 0 fully saturated rings. The van der Waals surface area contributed by atoms with Crippen LogP contribution in [0.15, 0.2) is 0 Å². The van der Waals surface area contributed by atoms with Crippen molar-refractivity contribution in [2.45, 2.75) is 62.7 Å². The third kappa shape index (κ3) is 12.6. The highest BCUT2D eigenvalue weighted by atomic mass is 32.1. The van der Waals surface area contributed by atoms with E-state index in [1.807, 2.05) is 0 Å². The summed E-state index contributed by atoms with van der Waals surface area (Å²) in [5, 5.41) is 24.9. The van der Waals surface area contributed by atoms with Crippen LogP contribution in [0.25, 0.3) is 0 Å². The lowest BCUT2D eigenvalue weighted by molar-refractivity contribution is -0.143. The molecule has 0 spiro atoms. The van der Waals surface area contributed by atoms with Crippen LogP contribution in [0.2, 0.25) is 0 Å². The highest BCUT2D eigenvalue weighted by Crippen LogP contribution is 2.03. The van der Waals surface area contributed by atoms with Gasteiger partial charge >= 0.3 is 11.9 Å². The number of rotatable bonds is 17. The molecule has 33 heavy (non-hydrogen) atoms. The number of aliphatic carboxylic acids is 2. The Labute approximate surface area is 195 Å². The van der Waals surface area contributed by atoms with Crippen molar-refractivity contribution < 1.29 is 39.0 Å². The van der Waals surface area contributed by atoms with Crippen LogP contribution in [0.1, 0.15) is 38.5 Å². The second kappa shape index (κ2) is 15.8. The molecule has 0 aromatic carbocycles. The van der Waals surface area contributed by atoms with Crippen molar-refractivity contribution in [1.29, 1.82) is 0 Å². The Kier molecular flexibility index (Phi) is 14.4. The largest absolute Gasteiger partial charge is 0.481 e. The van der Waals surface area contributed by atoms with Crippen molar-refractivity contribution in [2.75, 3.05) is 12.3 Å². The molecule has 14 nitrogen and oxygen atoms in total. The number of nitrogens with one attached hydrogen (secondary N) is 3. The fourth-order valence-corrected chi connectivity index (χ4v) is 2.84. The van der Waals surface area contributed by atoms with Gasteiger partial charge in [-0.1, -0.05) is 6.42 Å². The van der Waals surface area contributed by atoms with Gasteiger partial charge < -0.3 is 43.4 Å². The molecule has 11 N–H and O–H groups in total. The first-order valence-corrected chi connectivity index (χ1v) is 10.8. The molecule has 0 aromatic rings. The molecule has 0 heterocycles. The summed E-state index contributed by atoms with van der Waals surface area (Å²) in [6, 6.07) is -5.35. The van der Waals surface area contributed by atoms with Crippen molar-refractivity contribution >= 4 is 48.2 Å². The fraction of sp³-hybridized carbons (Fsp3) is 0.667. The summed E-state index contributed by atoms with van der Waals surface area (Å²) >= 11 is 3.95. The smallest absolute Gasteiger partial charge is 0.326 e. The molecule has 0 radical (unpaired) electrons.